The number of esters is 1. The molecule has 0 radical (unpaired) electrons. The Bertz CT molecular complexity index is 238. The Labute approximate surface area is 84.7 Å². The van der Waals surface area contributed by atoms with Gasteiger partial charge in [-0.3, -0.25) is 4.79 Å². The minimum atomic E-state index is -4.61. The minimum Gasteiger partial charge on any atom is -0.469 e. The predicted molar refractivity (Wildman–Crippen MR) is 45.8 cm³/mol. The van der Waals surface area contributed by atoms with Crippen molar-refractivity contribution in [3.8, 4) is 0 Å². The van der Waals surface area contributed by atoms with E-state index < -0.39 is 24.3 Å². The van der Waals surface area contributed by atoms with Gasteiger partial charge in [-0.2, -0.15) is 13.2 Å². The van der Waals surface area contributed by atoms with Crippen molar-refractivity contribution in [3.63, 3.8) is 0 Å². The monoisotopic (exact) mass is 227 g/mol. The largest absolute Gasteiger partial charge is 0.469 e. The number of alkyl halides is 3. The molecule has 0 aliphatic carbocycles. The first-order valence-electron chi connectivity index (χ1n) is 4.26. The average Bonchev–Trinajstić information content (AvgIpc) is 2.15. The van der Waals surface area contributed by atoms with Gasteiger partial charge in [-0.05, 0) is 19.3 Å². The van der Waals surface area contributed by atoms with E-state index >= 15 is 0 Å². The number of carbonyl (C=O) groups is 1. The molecule has 88 valence electrons. The Balaban J connectivity index is 3.81. The molecule has 0 aliphatic heterocycles. The van der Waals surface area contributed by atoms with Crippen LogP contribution in [0.25, 0.3) is 0 Å². The van der Waals surface area contributed by atoms with Gasteiger partial charge in [0.2, 0.25) is 0 Å². The molecule has 1 N–H and O–H groups in total. The van der Waals surface area contributed by atoms with Gasteiger partial charge in [0.1, 0.15) is 0 Å². The lowest BCUT2D eigenvalue weighted by atomic mass is 10.1. The molecule has 0 aromatic carbocycles. The van der Waals surface area contributed by atoms with Crippen LogP contribution in [0.5, 0.6) is 0 Å². The summed E-state index contributed by atoms with van der Waals surface area (Å²) >= 11 is 0. The van der Waals surface area contributed by atoms with Crippen molar-refractivity contribution >= 4 is 11.7 Å². The topological polar surface area (TPSA) is 58.9 Å². The Hall–Kier alpha value is -1.27. The summed E-state index contributed by atoms with van der Waals surface area (Å²) in [5.74, 6) is -0.468. The highest BCUT2D eigenvalue weighted by molar-refractivity contribution is 5.89. The van der Waals surface area contributed by atoms with Crippen molar-refractivity contribution in [2.75, 3.05) is 7.11 Å². The molecule has 0 aromatic rings. The maximum absolute atomic E-state index is 12.0. The summed E-state index contributed by atoms with van der Waals surface area (Å²) in [5.41, 5.74) is -1.23. The summed E-state index contributed by atoms with van der Waals surface area (Å²) in [7, 11) is 1.21. The first kappa shape index (κ1) is 13.7. The zero-order chi connectivity index (χ0) is 11.9. The van der Waals surface area contributed by atoms with Gasteiger partial charge in [0.25, 0.3) is 0 Å². The first-order chi connectivity index (χ1) is 6.91. The van der Waals surface area contributed by atoms with Crippen molar-refractivity contribution in [1.82, 2.24) is 0 Å². The lowest BCUT2D eigenvalue weighted by Gasteiger charge is -2.07. The van der Waals surface area contributed by atoms with E-state index in [4.69, 9.17) is 5.21 Å². The van der Waals surface area contributed by atoms with Crippen LogP contribution >= 0.6 is 0 Å². The molecule has 7 heteroatoms. The van der Waals surface area contributed by atoms with Crippen LogP contribution in [0, 0.1) is 0 Å². The second kappa shape index (κ2) is 6.26. The van der Waals surface area contributed by atoms with E-state index in [1.807, 2.05) is 0 Å². The molecule has 0 bridgehead atoms. The average molecular weight is 227 g/mol. The summed E-state index contributed by atoms with van der Waals surface area (Å²) < 4.78 is 40.3. The van der Waals surface area contributed by atoms with E-state index in [0.717, 1.165) is 0 Å². The van der Waals surface area contributed by atoms with Crippen molar-refractivity contribution in [1.29, 1.82) is 0 Å². The molecule has 0 atom stereocenters. The number of halogens is 3. The fourth-order valence-corrected chi connectivity index (χ4v) is 0.912. The van der Waals surface area contributed by atoms with Gasteiger partial charge < -0.3 is 9.94 Å². The Morgan fingerprint density at radius 3 is 2.27 bits per heavy atom. The molecule has 0 aromatic heterocycles. The first-order valence-corrected chi connectivity index (χ1v) is 4.26. The van der Waals surface area contributed by atoms with Gasteiger partial charge in [0.15, 0.2) is 5.71 Å². The molecule has 0 unspecified atom stereocenters. The molecule has 0 aliphatic rings. The fraction of sp³-hybridized carbons (Fsp3) is 0.750. The molecular formula is C8H12F3NO3. The molecule has 4 nitrogen and oxygen atoms in total. The molecule has 15 heavy (non-hydrogen) atoms. The van der Waals surface area contributed by atoms with Crippen LogP contribution in [-0.4, -0.2) is 30.2 Å². The number of hydrogen-bond donors (Lipinski definition) is 1. The molecule has 0 spiro atoms. The number of nitrogens with zero attached hydrogens (tertiary/aromatic N) is 1. The second-order valence-corrected chi connectivity index (χ2v) is 2.83. The van der Waals surface area contributed by atoms with Crippen LogP contribution in [0.3, 0.4) is 0 Å². The SMILES string of the molecule is COC(=O)CCCCC(=NO)C(F)(F)F. The standard InChI is InChI=1S/C8H12F3NO3/c1-15-7(13)5-3-2-4-6(12-14)8(9,10)11/h14H,2-5H2,1H3. The summed E-state index contributed by atoms with van der Waals surface area (Å²) in [4.78, 5) is 10.6. The van der Waals surface area contributed by atoms with Crippen LogP contribution in [0.1, 0.15) is 25.7 Å². The van der Waals surface area contributed by atoms with Gasteiger partial charge in [0.05, 0.1) is 7.11 Å². The molecule has 0 heterocycles. The van der Waals surface area contributed by atoms with Crippen LogP contribution < -0.4 is 0 Å². The van der Waals surface area contributed by atoms with Gasteiger partial charge in [0, 0.05) is 6.42 Å². The van der Waals surface area contributed by atoms with Crippen molar-refractivity contribution < 1.29 is 27.9 Å². The lowest BCUT2D eigenvalue weighted by molar-refractivity contribution is -0.140. The highest BCUT2D eigenvalue weighted by atomic mass is 19.4. The smallest absolute Gasteiger partial charge is 0.432 e. The third-order valence-electron chi connectivity index (χ3n) is 1.72. The Morgan fingerprint density at radius 1 is 1.33 bits per heavy atom. The van der Waals surface area contributed by atoms with Crippen LogP contribution in [-0.2, 0) is 9.53 Å². The highest BCUT2D eigenvalue weighted by Crippen LogP contribution is 2.20. The maximum Gasteiger partial charge on any atom is 0.432 e. The molecule has 0 amide bonds. The normalized spacial score (nSPS) is 12.7. The maximum atomic E-state index is 12.0. The number of methoxy groups -OCH3 is 1. The minimum absolute atomic E-state index is 0.0626. The van der Waals surface area contributed by atoms with Crippen LogP contribution in [0.2, 0.25) is 0 Å². The summed E-state index contributed by atoms with van der Waals surface area (Å²) in [5, 5.41) is 10.3. The van der Waals surface area contributed by atoms with E-state index in [1.54, 1.807) is 0 Å². The lowest BCUT2D eigenvalue weighted by Crippen LogP contribution is -2.22. The molecule has 0 rings (SSSR count). The number of oxime groups is 1. The van der Waals surface area contributed by atoms with Gasteiger partial charge in [-0.1, -0.05) is 5.16 Å². The Morgan fingerprint density at radius 2 is 1.87 bits per heavy atom. The number of rotatable bonds is 5. The molecule has 0 saturated heterocycles. The van der Waals surface area contributed by atoms with Gasteiger partial charge in [-0.15, -0.1) is 0 Å². The quantitative estimate of drug-likeness (QED) is 0.257. The van der Waals surface area contributed by atoms with E-state index in [-0.39, 0.29) is 19.3 Å². The third-order valence-corrected chi connectivity index (χ3v) is 1.72. The van der Waals surface area contributed by atoms with Crippen LogP contribution in [0.15, 0.2) is 5.16 Å². The summed E-state index contributed by atoms with van der Waals surface area (Å²) in [6.07, 6.45) is -4.57. The molecular weight excluding hydrogens is 215 g/mol. The zero-order valence-electron chi connectivity index (χ0n) is 8.17. The van der Waals surface area contributed by atoms with E-state index in [2.05, 4.69) is 9.89 Å². The van der Waals surface area contributed by atoms with E-state index in [9.17, 15) is 18.0 Å². The van der Waals surface area contributed by atoms with Crippen molar-refractivity contribution in [2.45, 2.75) is 31.9 Å². The number of carbonyl (C=O) groups excluding carboxylic acids is 1. The second-order valence-electron chi connectivity index (χ2n) is 2.83. The predicted octanol–water partition coefficient (Wildman–Crippen LogP) is 2.11. The number of ether oxygens (including phenoxy) is 1. The van der Waals surface area contributed by atoms with Gasteiger partial charge >= 0.3 is 12.1 Å². The molecule has 0 saturated carbocycles. The van der Waals surface area contributed by atoms with Crippen molar-refractivity contribution in [3.05, 3.63) is 0 Å². The van der Waals surface area contributed by atoms with Gasteiger partial charge in [-0.25, -0.2) is 0 Å². The Kier molecular flexibility index (Phi) is 5.73. The number of hydrogen-bond acceptors (Lipinski definition) is 4. The van der Waals surface area contributed by atoms with E-state index in [1.165, 1.54) is 7.11 Å². The third kappa shape index (κ3) is 5.92. The zero-order valence-corrected chi connectivity index (χ0v) is 8.17. The van der Waals surface area contributed by atoms with Crippen LogP contribution in [0.4, 0.5) is 13.2 Å². The van der Waals surface area contributed by atoms with Crippen molar-refractivity contribution in [2.24, 2.45) is 5.16 Å². The summed E-state index contributed by atoms with van der Waals surface area (Å²) in [6, 6.07) is 0. The highest BCUT2D eigenvalue weighted by Gasteiger charge is 2.35. The molecule has 0 fully saturated rings. The fourth-order valence-electron chi connectivity index (χ4n) is 0.912. The van der Waals surface area contributed by atoms with E-state index in [0.29, 0.717) is 0 Å². The summed E-state index contributed by atoms with van der Waals surface area (Å²) in [6.45, 7) is 0. The number of unbranched alkanes of at least 4 members (excludes halogenated alkanes) is 1.